The molecular formula is C29H30O6. The molecule has 0 aromatic heterocycles. The van der Waals surface area contributed by atoms with Crippen LogP contribution in [0.2, 0.25) is 0 Å². The van der Waals surface area contributed by atoms with Crippen LogP contribution in [-0.4, -0.2) is 37.2 Å². The zero-order valence-electron chi connectivity index (χ0n) is 19.5. The minimum absolute atomic E-state index is 0.239. The lowest BCUT2D eigenvalue weighted by Gasteiger charge is -2.42. The fourth-order valence-corrected chi connectivity index (χ4v) is 4.61. The zero-order chi connectivity index (χ0) is 23.9. The molecule has 0 spiro atoms. The number of hydrogen-bond acceptors (Lipinski definition) is 6. The van der Waals surface area contributed by atoms with Crippen LogP contribution in [0, 0.1) is 5.92 Å². The first-order valence-corrected chi connectivity index (χ1v) is 12.0. The molecule has 5 rings (SSSR count). The first-order valence-electron chi connectivity index (χ1n) is 12.0. The monoisotopic (exact) mass is 474 g/mol. The van der Waals surface area contributed by atoms with E-state index in [1.807, 2.05) is 91.0 Å². The highest BCUT2D eigenvalue weighted by Crippen LogP contribution is 2.38. The Morgan fingerprint density at radius 2 is 1.20 bits per heavy atom. The average Bonchev–Trinajstić information content (AvgIpc) is 3.28. The van der Waals surface area contributed by atoms with Crippen LogP contribution in [0.25, 0.3) is 0 Å². The molecule has 2 aliphatic heterocycles. The van der Waals surface area contributed by atoms with Crippen molar-refractivity contribution in [2.75, 3.05) is 6.61 Å². The Morgan fingerprint density at radius 1 is 0.686 bits per heavy atom. The minimum Gasteiger partial charge on any atom is -0.435 e. The molecule has 2 saturated heterocycles. The lowest BCUT2D eigenvalue weighted by atomic mass is 9.89. The molecule has 2 heterocycles. The van der Waals surface area contributed by atoms with E-state index >= 15 is 0 Å². The molecule has 0 bridgehead atoms. The Morgan fingerprint density at radius 3 is 1.77 bits per heavy atom. The third kappa shape index (κ3) is 6.16. The van der Waals surface area contributed by atoms with Crippen LogP contribution in [0.4, 0.5) is 0 Å². The van der Waals surface area contributed by atoms with Crippen molar-refractivity contribution in [1.82, 2.24) is 0 Å². The normalized spacial score (nSPS) is 25.7. The topological polar surface area (TPSA) is 63.2 Å². The predicted octanol–water partition coefficient (Wildman–Crippen LogP) is 4.66. The maximum atomic E-state index is 12.2. The lowest BCUT2D eigenvalue weighted by molar-refractivity contribution is -0.279. The third-order valence-corrected chi connectivity index (χ3v) is 6.38. The van der Waals surface area contributed by atoms with E-state index in [2.05, 4.69) is 0 Å². The van der Waals surface area contributed by atoms with E-state index in [4.69, 9.17) is 23.7 Å². The summed E-state index contributed by atoms with van der Waals surface area (Å²) in [5.74, 6) is -0.515. The van der Waals surface area contributed by atoms with E-state index in [0.29, 0.717) is 26.4 Å². The van der Waals surface area contributed by atoms with Crippen molar-refractivity contribution in [2.45, 2.75) is 50.8 Å². The summed E-state index contributed by atoms with van der Waals surface area (Å²) in [7, 11) is 0. The molecule has 2 fully saturated rings. The molecule has 35 heavy (non-hydrogen) atoms. The van der Waals surface area contributed by atoms with Gasteiger partial charge in [-0.1, -0.05) is 91.0 Å². The quantitative estimate of drug-likeness (QED) is 0.398. The fraction of sp³-hybridized carbons (Fsp3) is 0.345. The van der Waals surface area contributed by atoms with Gasteiger partial charge in [0.2, 0.25) is 6.29 Å². The maximum Gasteiger partial charge on any atom is 0.308 e. The van der Waals surface area contributed by atoms with Crippen molar-refractivity contribution in [3.05, 3.63) is 108 Å². The lowest BCUT2D eigenvalue weighted by Crippen LogP contribution is -2.56. The van der Waals surface area contributed by atoms with Gasteiger partial charge in [-0.2, -0.15) is 0 Å². The summed E-state index contributed by atoms with van der Waals surface area (Å²) in [6, 6.07) is 30.0. The number of benzene rings is 3. The Labute approximate surface area is 205 Å². The molecule has 2 aliphatic rings. The zero-order valence-corrected chi connectivity index (χ0v) is 19.5. The summed E-state index contributed by atoms with van der Waals surface area (Å²) < 4.78 is 30.6. The van der Waals surface area contributed by atoms with Crippen molar-refractivity contribution in [3.63, 3.8) is 0 Å². The SMILES string of the molecule is O=C1C[C@H]2[C@@H](O1)O[C@H](COCc1ccccc1)[C@@H](OCc1ccccc1)[C@@H]2OCc1ccccc1. The minimum atomic E-state index is -0.662. The first kappa shape index (κ1) is 23.7. The Balaban J connectivity index is 1.33. The third-order valence-electron chi connectivity index (χ3n) is 6.38. The van der Waals surface area contributed by atoms with E-state index in [0.717, 1.165) is 16.7 Å². The smallest absolute Gasteiger partial charge is 0.308 e. The highest BCUT2D eigenvalue weighted by molar-refractivity contribution is 5.72. The molecule has 0 amide bonds. The molecule has 3 aromatic carbocycles. The van der Waals surface area contributed by atoms with Crippen LogP contribution in [0.3, 0.4) is 0 Å². The molecule has 0 unspecified atom stereocenters. The van der Waals surface area contributed by atoms with Crippen LogP contribution in [-0.2, 0) is 48.3 Å². The standard InChI is InChI=1S/C29H30O6/c30-26-16-24-27(32-18-22-12-6-2-7-13-22)28(33-19-23-14-8-3-9-15-23)25(34-29(24)35-26)20-31-17-21-10-4-1-5-11-21/h1-15,24-25,27-29H,16-20H2/t24-,25-,27-,28-,29-/m1/s1. The van der Waals surface area contributed by atoms with Crippen LogP contribution >= 0.6 is 0 Å². The van der Waals surface area contributed by atoms with Gasteiger partial charge in [-0.25, -0.2) is 0 Å². The summed E-state index contributed by atoms with van der Waals surface area (Å²) in [6.45, 7) is 1.56. The number of esters is 1. The Bertz CT molecular complexity index is 1060. The molecule has 3 aromatic rings. The fourth-order valence-electron chi connectivity index (χ4n) is 4.61. The number of carbonyl (C=O) groups excluding carboxylic acids is 1. The molecule has 0 N–H and O–H groups in total. The van der Waals surface area contributed by atoms with Crippen molar-refractivity contribution in [3.8, 4) is 0 Å². The predicted molar refractivity (Wildman–Crippen MR) is 129 cm³/mol. The van der Waals surface area contributed by atoms with Crippen LogP contribution in [0.1, 0.15) is 23.1 Å². The number of rotatable bonds is 10. The Kier molecular flexibility index (Phi) is 7.85. The van der Waals surface area contributed by atoms with Gasteiger partial charge in [0.1, 0.15) is 12.2 Å². The van der Waals surface area contributed by atoms with Crippen LogP contribution in [0.15, 0.2) is 91.0 Å². The number of carbonyl (C=O) groups is 1. The summed E-state index contributed by atoms with van der Waals surface area (Å²) in [5.41, 5.74) is 3.19. The molecule has 182 valence electrons. The van der Waals surface area contributed by atoms with Gasteiger partial charge in [-0.15, -0.1) is 0 Å². The van der Waals surface area contributed by atoms with Crippen LogP contribution < -0.4 is 0 Å². The molecule has 0 aliphatic carbocycles. The van der Waals surface area contributed by atoms with Gasteiger partial charge in [0.25, 0.3) is 0 Å². The Hall–Kier alpha value is -3.03. The van der Waals surface area contributed by atoms with Gasteiger partial charge < -0.3 is 23.7 Å². The van der Waals surface area contributed by atoms with Gasteiger partial charge in [0, 0.05) is 0 Å². The van der Waals surface area contributed by atoms with E-state index in [1.165, 1.54) is 0 Å². The largest absolute Gasteiger partial charge is 0.435 e. The highest BCUT2D eigenvalue weighted by Gasteiger charge is 2.53. The molecule has 0 radical (unpaired) electrons. The van der Waals surface area contributed by atoms with E-state index < -0.39 is 18.5 Å². The molecule has 6 heteroatoms. The summed E-state index contributed by atoms with van der Waals surface area (Å²) in [6.07, 6.45) is -1.67. The van der Waals surface area contributed by atoms with Gasteiger partial charge in [0.05, 0.1) is 44.9 Å². The first-order chi connectivity index (χ1) is 17.3. The molecule has 0 saturated carbocycles. The van der Waals surface area contributed by atoms with Crippen LogP contribution in [0.5, 0.6) is 0 Å². The van der Waals surface area contributed by atoms with Gasteiger partial charge in [-0.3, -0.25) is 4.79 Å². The molecule has 5 atom stereocenters. The van der Waals surface area contributed by atoms with Crippen molar-refractivity contribution in [2.24, 2.45) is 5.92 Å². The van der Waals surface area contributed by atoms with E-state index in [1.54, 1.807) is 0 Å². The van der Waals surface area contributed by atoms with E-state index in [9.17, 15) is 4.79 Å². The molecular weight excluding hydrogens is 444 g/mol. The van der Waals surface area contributed by atoms with Crippen molar-refractivity contribution in [1.29, 1.82) is 0 Å². The number of fused-ring (bicyclic) bond motifs is 1. The van der Waals surface area contributed by atoms with Crippen molar-refractivity contribution >= 4 is 5.97 Å². The van der Waals surface area contributed by atoms with Gasteiger partial charge >= 0.3 is 5.97 Å². The second kappa shape index (κ2) is 11.6. The molecule has 6 nitrogen and oxygen atoms in total. The number of ether oxygens (including phenoxy) is 5. The van der Waals surface area contributed by atoms with Gasteiger partial charge in [0.15, 0.2) is 0 Å². The number of hydrogen-bond donors (Lipinski definition) is 0. The van der Waals surface area contributed by atoms with E-state index in [-0.39, 0.29) is 24.4 Å². The summed E-state index contributed by atoms with van der Waals surface area (Å²) >= 11 is 0. The second-order valence-electron chi connectivity index (χ2n) is 8.92. The second-order valence-corrected chi connectivity index (χ2v) is 8.92. The summed E-state index contributed by atoms with van der Waals surface area (Å²) in [5, 5.41) is 0. The maximum absolute atomic E-state index is 12.2. The summed E-state index contributed by atoms with van der Waals surface area (Å²) in [4.78, 5) is 12.2. The van der Waals surface area contributed by atoms with Gasteiger partial charge in [-0.05, 0) is 16.7 Å². The van der Waals surface area contributed by atoms with Crippen molar-refractivity contribution < 1.29 is 28.5 Å². The highest BCUT2D eigenvalue weighted by atomic mass is 16.7. The average molecular weight is 475 g/mol.